The number of phenols is 1. The number of para-hydroxylation sites is 1. The van der Waals surface area contributed by atoms with E-state index in [1.807, 2.05) is 12.1 Å². The molecule has 0 fully saturated rings. The van der Waals surface area contributed by atoms with E-state index in [-0.39, 0.29) is 31.4 Å². The molecule has 44 heavy (non-hydrogen) atoms. The summed E-state index contributed by atoms with van der Waals surface area (Å²) in [5.74, 6) is -6.27. The summed E-state index contributed by atoms with van der Waals surface area (Å²) in [5, 5.41) is 36.4. The molecule has 234 valence electrons. The molecule has 0 radical (unpaired) electrons. The third-order valence-electron chi connectivity index (χ3n) is 6.77. The number of aliphatic carboxylic acids is 2. The van der Waals surface area contributed by atoms with Gasteiger partial charge in [0.1, 0.15) is 23.9 Å². The summed E-state index contributed by atoms with van der Waals surface area (Å²) in [7, 11) is 0. The Kier molecular flexibility index (Phi) is 11.4. The first kappa shape index (κ1) is 33.1. The molecule has 0 spiro atoms. The quantitative estimate of drug-likeness (QED) is 0.0980. The molecule has 1 aromatic heterocycles. The van der Waals surface area contributed by atoms with E-state index in [4.69, 9.17) is 16.6 Å². The maximum absolute atomic E-state index is 13.4. The van der Waals surface area contributed by atoms with Crippen LogP contribution in [-0.2, 0) is 41.6 Å². The Morgan fingerprint density at radius 1 is 0.795 bits per heavy atom. The van der Waals surface area contributed by atoms with Gasteiger partial charge >= 0.3 is 11.9 Å². The number of phenolic OH excluding ortho intramolecular Hbond substituents is 1. The molecule has 0 aliphatic carbocycles. The van der Waals surface area contributed by atoms with Gasteiger partial charge in [0.25, 0.3) is 0 Å². The van der Waals surface area contributed by atoms with Gasteiger partial charge in [-0.1, -0.05) is 30.3 Å². The lowest BCUT2D eigenvalue weighted by atomic mass is 10.0. The minimum absolute atomic E-state index is 0.0499. The van der Waals surface area contributed by atoms with E-state index in [0.717, 1.165) is 10.9 Å². The maximum atomic E-state index is 13.4. The van der Waals surface area contributed by atoms with Crippen LogP contribution in [0.3, 0.4) is 0 Å². The zero-order valence-electron chi connectivity index (χ0n) is 23.5. The lowest BCUT2D eigenvalue weighted by Gasteiger charge is -2.25. The SMILES string of the molecule is NC(=O)CCC(NC(=O)C(Cc1ccc(O)cc1)NC(=O)C(N)CC(=O)O)C(=O)NC(Cc1c[nH]c2ccccc12)C(=O)O. The van der Waals surface area contributed by atoms with Crippen LogP contribution in [0.2, 0.25) is 0 Å². The predicted molar refractivity (Wildman–Crippen MR) is 156 cm³/mol. The summed E-state index contributed by atoms with van der Waals surface area (Å²) >= 11 is 0. The minimum atomic E-state index is -1.49. The molecular weight excluding hydrogens is 576 g/mol. The number of benzene rings is 2. The van der Waals surface area contributed by atoms with Crippen molar-refractivity contribution in [2.24, 2.45) is 11.5 Å². The number of carbonyl (C=O) groups excluding carboxylic acids is 4. The highest BCUT2D eigenvalue weighted by atomic mass is 16.4. The van der Waals surface area contributed by atoms with Gasteiger partial charge in [0.05, 0.1) is 12.5 Å². The second-order valence-corrected chi connectivity index (χ2v) is 10.2. The summed E-state index contributed by atoms with van der Waals surface area (Å²) in [6.07, 6.45) is 0.0469. The predicted octanol–water partition coefficient (Wildman–Crippen LogP) is -0.735. The average Bonchev–Trinajstić information content (AvgIpc) is 3.37. The Bertz CT molecular complexity index is 1520. The number of hydrogen-bond acceptors (Lipinski definition) is 8. The Morgan fingerprint density at radius 2 is 1.41 bits per heavy atom. The molecule has 0 bridgehead atoms. The number of aromatic hydroxyl groups is 1. The highest BCUT2D eigenvalue weighted by Gasteiger charge is 2.31. The number of nitrogens with one attached hydrogen (secondary N) is 4. The Labute approximate surface area is 251 Å². The summed E-state index contributed by atoms with van der Waals surface area (Å²) in [6, 6.07) is 7.16. The second kappa shape index (κ2) is 15.2. The third-order valence-corrected chi connectivity index (χ3v) is 6.77. The zero-order chi connectivity index (χ0) is 32.4. The number of H-pyrrole nitrogens is 1. The smallest absolute Gasteiger partial charge is 0.326 e. The molecular formula is C29H34N6O9. The molecule has 4 amide bonds. The van der Waals surface area contributed by atoms with Gasteiger partial charge in [-0.2, -0.15) is 0 Å². The Morgan fingerprint density at radius 3 is 2.05 bits per heavy atom. The Hall–Kier alpha value is -5.44. The zero-order valence-corrected chi connectivity index (χ0v) is 23.5. The number of aromatic amines is 1. The van der Waals surface area contributed by atoms with Crippen LogP contribution in [0, 0.1) is 0 Å². The second-order valence-electron chi connectivity index (χ2n) is 10.2. The van der Waals surface area contributed by atoms with Crippen LogP contribution in [0.15, 0.2) is 54.7 Å². The lowest BCUT2D eigenvalue weighted by Crippen LogP contribution is -2.58. The lowest BCUT2D eigenvalue weighted by molar-refractivity contribution is -0.142. The monoisotopic (exact) mass is 610 g/mol. The van der Waals surface area contributed by atoms with E-state index in [2.05, 4.69) is 20.9 Å². The van der Waals surface area contributed by atoms with E-state index in [1.54, 1.807) is 18.3 Å². The van der Waals surface area contributed by atoms with Crippen molar-refractivity contribution < 1.29 is 44.1 Å². The molecule has 2 aromatic carbocycles. The maximum Gasteiger partial charge on any atom is 0.326 e. The van der Waals surface area contributed by atoms with Crippen LogP contribution in [-0.4, -0.2) is 80.0 Å². The first-order chi connectivity index (χ1) is 20.8. The van der Waals surface area contributed by atoms with Gasteiger partial charge in [0.2, 0.25) is 23.6 Å². The molecule has 0 aliphatic rings. The number of fused-ring (bicyclic) bond motifs is 1. The van der Waals surface area contributed by atoms with Gasteiger partial charge in [-0.15, -0.1) is 0 Å². The highest BCUT2D eigenvalue weighted by Crippen LogP contribution is 2.19. The Balaban J connectivity index is 1.81. The number of hydrogen-bond donors (Lipinski definition) is 9. The van der Waals surface area contributed by atoms with Crippen molar-refractivity contribution in [1.82, 2.24) is 20.9 Å². The molecule has 0 aliphatic heterocycles. The number of amides is 4. The number of carbonyl (C=O) groups is 6. The van der Waals surface area contributed by atoms with E-state index < -0.39 is 66.2 Å². The van der Waals surface area contributed by atoms with E-state index >= 15 is 0 Å². The number of nitrogens with two attached hydrogens (primary N) is 2. The van der Waals surface area contributed by atoms with E-state index in [1.165, 1.54) is 24.3 Å². The fourth-order valence-corrected chi connectivity index (χ4v) is 4.46. The van der Waals surface area contributed by atoms with Crippen LogP contribution in [0.4, 0.5) is 0 Å². The fraction of sp³-hybridized carbons (Fsp3) is 0.310. The summed E-state index contributed by atoms with van der Waals surface area (Å²) in [5.41, 5.74) is 12.8. The van der Waals surface area contributed by atoms with Crippen molar-refractivity contribution in [3.63, 3.8) is 0 Å². The number of carboxylic acids is 2. The van der Waals surface area contributed by atoms with Crippen molar-refractivity contribution in [2.75, 3.05) is 0 Å². The fourth-order valence-electron chi connectivity index (χ4n) is 4.46. The summed E-state index contributed by atoms with van der Waals surface area (Å²) in [4.78, 5) is 77.0. The first-order valence-electron chi connectivity index (χ1n) is 13.6. The van der Waals surface area contributed by atoms with Crippen LogP contribution in [0.25, 0.3) is 10.9 Å². The number of primary amides is 1. The molecule has 3 aromatic rings. The number of rotatable bonds is 16. The van der Waals surface area contributed by atoms with Crippen LogP contribution in [0.5, 0.6) is 5.75 Å². The van der Waals surface area contributed by atoms with Crippen molar-refractivity contribution in [3.05, 3.63) is 65.9 Å². The van der Waals surface area contributed by atoms with Crippen molar-refractivity contribution in [1.29, 1.82) is 0 Å². The van der Waals surface area contributed by atoms with Gasteiger partial charge in [0, 0.05) is 36.4 Å². The summed E-state index contributed by atoms with van der Waals surface area (Å²) < 4.78 is 0. The molecule has 3 rings (SSSR count). The average molecular weight is 611 g/mol. The topological polar surface area (TPSA) is 267 Å². The largest absolute Gasteiger partial charge is 0.508 e. The van der Waals surface area contributed by atoms with Crippen LogP contribution in [0.1, 0.15) is 30.4 Å². The van der Waals surface area contributed by atoms with Gasteiger partial charge in [-0.3, -0.25) is 24.0 Å². The normalized spacial score (nSPS) is 13.7. The van der Waals surface area contributed by atoms with Crippen molar-refractivity contribution >= 4 is 46.5 Å². The van der Waals surface area contributed by atoms with Gasteiger partial charge < -0.3 is 47.7 Å². The molecule has 15 heteroatoms. The first-order valence-corrected chi connectivity index (χ1v) is 13.6. The molecule has 0 saturated carbocycles. The number of carboxylic acid groups (broad SMARTS) is 2. The molecule has 1 heterocycles. The van der Waals surface area contributed by atoms with Gasteiger partial charge in [0.15, 0.2) is 0 Å². The summed E-state index contributed by atoms with van der Waals surface area (Å²) in [6.45, 7) is 0. The van der Waals surface area contributed by atoms with Crippen LogP contribution >= 0.6 is 0 Å². The van der Waals surface area contributed by atoms with E-state index in [0.29, 0.717) is 11.1 Å². The van der Waals surface area contributed by atoms with Gasteiger partial charge in [-0.25, -0.2) is 4.79 Å². The molecule has 0 saturated heterocycles. The molecule has 4 atom stereocenters. The minimum Gasteiger partial charge on any atom is -0.508 e. The standard InChI is InChI=1S/C29H34N6O9/c30-19(13-25(38)39)26(40)34-22(11-15-5-7-17(36)8-6-15)28(42)33-21(9-10-24(31)37)27(41)35-23(29(43)44)12-16-14-32-20-4-2-1-3-18(16)20/h1-8,14,19,21-23,32,36H,9-13,30H2,(H2,31,37)(H,33,42)(H,34,40)(H,35,41)(H,38,39)(H,43,44). The molecule has 15 nitrogen and oxygen atoms in total. The highest BCUT2D eigenvalue weighted by molar-refractivity contribution is 5.95. The van der Waals surface area contributed by atoms with Crippen LogP contribution < -0.4 is 27.4 Å². The van der Waals surface area contributed by atoms with E-state index in [9.17, 15) is 39.0 Å². The number of aromatic nitrogens is 1. The molecule has 11 N–H and O–H groups in total. The van der Waals surface area contributed by atoms with Crippen molar-refractivity contribution in [2.45, 2.75) is 56.3 Å². The molecule has 4 unspecified atom stereocenters. The van der Waals surface area contributed by atoms with Crippen molar-refractivity contribution in [3.8, 4) is 5.75 Å². The van der Waals surface area contributed by atoms with Gasteiger partial charge in [-0.05, 0) is 35.7 Å². The third kappa shape index (κ3) is 9.55.